The Labute approximate surface area is 117 Å². The van der Waals surface area contributed by atoms with Gasteiger partial charge >= 0.3 is 0 Å². The van der Waals surface area contributed by atoms with Crippen molar-refractivity contribution < 1.29 is 13.9 Å². The summed E-state index contributed by atoms with van der Waals surface area (Å²) in [7, 11) is 0. The SMILES string of the molecule is Cc1cccc(OCCNC(=O)c2ccc(F)cc2)c1. The van der Waals surface area contributed by atoms with Crippen LogP contribution in [0.3, 0.4) is 0 Å². The zero-order chi connectivity index (χ0) is 14.4. The van der Waals surface area contributed by atoms with E-state index in [1.807, 2.05) is 31.2 Å². The molecule has 104 valence electrons. The fraction of sp³-hybridized carbons (Fsp3) is 0.188. The Bertz CT molecular complexity index is 581. The predicted octanol–water partition coefficient (Wildman–Crippen LogP) is 2.94. The van der Waals surface area contributed by atoms with Gasteiger partial charge in [-0.05, 0) is 48.9 Å². The molecular weight excluding hydrogens is 257 g/mol. The molecule has 1 amide bonds. The van der Waals surface area contributed by atoms with Crippen LogP contribution in [0.1, 0.15) is 15.9 Å². The molecule has 20 heavy (non-hydrogen) atoms. The van der Waals surface area contributed by atoms with Crippen molar-refractivity contribution in [2.45, 2.75) is 6.92 Å². The van der Waals surface area contributed by atoms with Gasteiger partial charge in [0.15, 0.2) is 0 Å². The lowest BCUT2D eigenvalue weighted by molar-refractivity contribution is 0.0947. The van der Waals surface area contributed by atoms with Crippen molar-refractivity contribution in [1.82, 2.24) is 5.32 Å². The molecule has 0 heterocycles. The first-order chi connectivity index (χ1) is 9.65. The van der Waals surface area contributed by atoms with Gasteiger partial charge in [-0.15, -0.1) is 0 Å². The molecule has 3 nitrogen and oxygen atoms in total. The van der Waals surface area contributed by atoms with Gasteiger partial charge in [0.05, 0.1) is 6.54 Å². The van der Waals surface area contributed by atoms with E-state index >= 15 is 0 Å². The Hall–Kier alpha value is -2.36. The van der Waals surface area contributed by atoms with Gasteiger partial charge in [-0.2, -0.15) is 0 Å². The van der Waals surface area contributed by atoms with E-state index in [4.69, 9.17) is 4.74 Å². The zero-order valence-electron chi connectivity index (χ0n) is 11.2. The first-order valence-electron chi connectivity index (χ1n) is 6.38. The van der Waals surface area contributed by atoms with Gasteiger partial charge in [0.2, 0.25) is 0 Å². The zero-order valence-corrected chi connectivity index (χ0v) is 11.2. The first-order valence-corrected chi connectivity index (χ1v) is 6.38. The molecule has 0 atom stereocenters. The number of aryl methyl sites for hydroxylation is 1. The molecule has 0 aliphatic heterocycles. The maximum atomic E-state index is 12.7. The summed E-state index contributed by atoms with van der Waals surface area (Å²) in [5.41, 5.74) is 1.56. The summed E-state index contributed by atoms with van der Waals surface area (Å²) in [6.07, 6.45) is 0. The predicted molar refractivity (Wildman–Crippen MR) is 75.4 cm³/mol. The first kappa shape index (κ1) is 14.1. The van der Waals surface area contributed by atoms with Crippen LogP contribution in [0.2, 0.25) is 0 Å². The van der Waals surface area contributed by atoms with Gasteiger partial charge in [-0.1, -0.05) is 12.1 Å². The Morgan fingerprint density at radius 3 is 2.65 bits per heavy atom. The summed E-state index contributed by atoms with van der Waals surface area (Å²) in [5.74, 6) is 0.184. The van der Waals surface area contributed by atoms with Crippen LogP contribution in [0.4, 0.5) is 4.39 Å². The Morgan fingerprint density at radius 2 is 1.95 bits per heavy atom. The largest absolute Gasteiger partial charge is 0.492 e. The van der Waals surface area contributed by atoms with Gasteiger partial charge in [-0.25, -0.2) is 4.39 Å². The fourth-order valence-corrected chi connectivity index (χ4v) is 1.74. The van der Waals surface area contributed by atoms with Crippen LogP contribution in [-0.4, -0.2) is 19.1 Å². The topological polar surface area (TPSA) is 38.3 Å². The number of carbonyl (C=O) groups is 1. The number of nitrogens with one attached hydrogen (secondary N) is 1. The normalized spacial score (nSPS) is 10.1. The molecule has 1 N–H and O–H groups in total. The van der Waals surface area contributed by atoms with Crippen molar-refractivity contribution in [2.24, 2.45) is 0 Å². The van der Waals surface area contributed by atoms with Crippen molar-refractivity contribution in [3.63, 3.8) is 0 Å². The third-order valence-corrected chi connectivity index (χ3v) is 2.75. The molecule has 2 rings (SSSR count). The Kier molecular flexibility index (Phi) is 4.71. The minimum absolute atomic E-state index is 0.238. The highest BCUT2D eigenvalue weighted by Gasteiger charge is 2.04. The Morgan fingerprint density at radius 1 is 1.20 bits per heavy atom. The van der Waals surface area contributed by atoms with Crippen LogP contribution in [0, 0.1) is 12.7 Å². The van der Waals surface area contributed by atoms with Crippen LogP contribution in [0.25, 0.3) is 0 Å². The van der Waals surface area contributed by atoms with E-state index in [-0.39, 0.29) is 11.7 Å². The highest BCUT2D eigenvalue weighted by Crippen LogP contribution is 2.11. The van der Waals surface area contributed by atoms with Crippen molar-refractivity contribution in [1.29, 1.82) is 0 Å². The molecule has 0 bridgehead atoms. The molecule has 0 radical (unpaired) electrons. The smallest absolute Gasteiger partial charge is 0.251 e. The lowest BCUT2D eigenvalue weighted by Crippen LogP contribution is -2.28. The summed E-state index contributed by atoms with van der Waals surface area (Å²) in [6, 6.07) is 13.1. The number of carbonyl (C=O) groups excluding carboxylic acids is 1. The molecular formula is C16H16FNO2. The second-order valence-corrected chi connectivity index (χ2v) is 4.43. The van der Waals surface area contributed by atoms with Gasteiger partial charge in [0.1, 0.15) is 18.2 Å². The minimum Gasteiger partial charge on any atom is -0.492 e. The maximum absolute atomic E-state index is 12.7. The third-order valence-electron chi connectivity index (χ3n) is 2.75. The van der Waals surface area contributed by atoms with E-state index in [1.165, 1.54) is 24.3 Å². The van der Waals surface area contributed by atoms with Crippen LogP contribution in [0.5, 0.6) is 5.75 Å². The molecule has 0 spiro atoms. The second kappa shape index (κ2) is 6.70. The van der Waals surface area contributed by atoms with Crippen molar-refractivity contribution in [3.05, 3.63) is 65.5 Å². The average molecular weight is 273 g/mol. The molecule has 0 fully saturated rings. The molecule has 4 heteroatoms. The van der Waals surface area contributed by atoms with Crippen LogP contribution >= 0.6 is 0 Å². The molecule has 0 aromatic heterocycles. The lowest BCUT2D eigenvalue weighted by Gasteiger charge is -2.08. The average Bonchev–Trinajstić information content (AvgIpc) is 2.44. The molecule has 0 saturated carbocycles. The highest BCUT2D eigenvalue weighted by atomic mass is 19.1. The molecule has 0 aliphatic rings. The molecule has 0 saturated heterocycles. The summed E-state index contributed by atoms with van der Waals surface area (Å²) >= 11 is 0. The van der Waals surface area contributed by atoms with Gasteiger partial charge in [-0.3, -0.25) is 4.79 Å². The van der Waals surface area contributed by atoms with Gasteiger partial charge < -0.3 is 10.1 Å². The molecule has 0 unspecified atom stereocenters. The quantitative estimate of drug-likeness (QED) is 0.851. The van der Waals surface area contributed by atoms with Crippen LogP contribution in [0.15, 0.2) is 48.5 Å². The Balaban J connectivity index is 1.76. The standard InChI is InChI=1S/C16H16FNO2/c1-12-3-2-4-15(11-12)20-10-9-18-16(19)13-5-7-14(17)8-6-13/h2-8,11H,9-10H2,1H3,(H,18,19). The van der Waals surface area contributed by atoms with Crippen LogP contribution < -0.4 is 10.1 Å². The van der Waals surface area contributed by atoms with Crippen LogP contribution in [-0.2, 0) is 0 Å². The summed E-state index contributed by atoms with van der Waals surface area (Å²) in [5, 5.41) is 2.72. The van der Waals surface area contributed by atoms with Crippen molar-refractivity contribution in [3.8, 4) is 5.75 Å². The number of ether oxygens (including phenoxy) is 1. The van der Waals surface area contributed by atoms with E-state index < -0.39 is 0 Å². The van der Waals surface area contributed by atoms with E-state index in [1.54, 1.807) is 0 Å². The monoisotopic (exact) mass is 273 g/mol. The van der Waals surface area contributed by atoms with Gasteiger partial charge in [0.25, 0.3) is 5.91 Å². The number of benzene rings is 2. The number of rotatable bonds is 5. The minimum atomic E-state index is -0.357. The van der Waals surface area contributed by atoms with E-state index in [9.17, 15) is 9.18 Å². The van der Waals surface area contributed by atoms with Crippen molar-refractivity contribution >= 4 is 5.91 Å². The summed E-state index contributed by atoms with van der Waals surface area (Å²) in [4.78, 5) is 11.7. The van der Waals surface area contributed by atoms with Gasteiger partial charge in [0, 0.05) is 5.56 Å². The fourth-order valence-electron chi connectivity index (χ4n) is 1.74. The molecule has 2 aromatic carbocycles. The van der Waals surface area contributed by atoms with E-state index in [0.717, 1.165) is 11.3 Å². The van der Waals surface area contributed by atoms with Crippen molar-refractivity contribution in [2.75, 3.05) is 13.2 Å². The summed E-state index contributed by atoms with van der Waals surface area (Å²) < 4.78 is 18.2. The maximum Gasteiger partial charge on any atom is 0.251 e. The number of hydrogen-bond acceptors (Lipinski definition) is 2. The second-order valence-electron chi connectivity index (χ2n) is 4.43. The third kappa shape index (κ3) is 4.09. The lowest BCUT2D eigenvalue weighted by atomic mass is 10.2. The van der Waals surface area contributed by atoms with E-state index in [0.29, 0.717) is 18.7 Å². The number of amides is 1. The number of hydrogen-bond donors (Lipinski definition) is 1. The molecule has 2 aromatic rings. The molecule has 0 aliphatic carbocycles. The highest BCUT2D eigenvalue weighted by molar-refractivity contribution is 5.94. The number of halogens is 1. The summed E-state index contributed by atoms with van der Waals surface area (Å²) in [6.45, 7) is 2.77. The van der Waals surface area contributed by atoms with E-state index in [2.05, 4.69) is 5.32 Å².